The van der Waals surface area contributed by atoms with Crippen molar-refractivity contribution in [3.05, 3.63) is 102 Å². The van der Waals surface area contributed by atoms with E-state index >= 15 is 0 Å². The van der Waals surface area contributed by atoms with E-state index in [1.165, 1.54) is 0 Å². The molecule has 0 aliphatic heterocycles. The number of rotatable bonds is 8. The van der Waals surface area contributed by atoms with Gasteiger partial charge in [0.05, 0.1) is 5.69 Å². The topological polar surface area (TPSA) is 242 Å². The molecule has 1 aromatic heterocycles. The number of carbonyl (C=O) groups excluding carboxylic acids is 1. The van der Waals surface area contributed by atoms with Crippen LogP contribution in [0.15, 0.2) is 91.2 Å². The van der Waals surface area contributed by atoms with E-state index in [-0.39, 0.29) is 11.9 Å². The number of amides is 2. The van der Waals surface area contributed by atoms with Gasteiger partial charge in [-0.05, 0) is 60.7 Å². The summed E-state index contributed by atoms with van der Waals surface area (Å²) in [4.78, 5) is 53.2. The molecule has 0 fully saturated rings. The third kappa shape index (κ3) is 15.8. The van der Waals surface area contributed by atoms with Crippen LogP contribution in [0.5, 0.6) is 0 Å². The third-order valence-corrected chi connectivity index (χ3v) is 4.37. The second-order valence-corrected chi connectivity index (χ2v) is 7.70. The maximum Gasteiger partial charge on any atom is 0.328 e. The zero-order chi connectivity index (χ0) is 30.8. The van der Waals surface area contributed by atoms with E-state index < -0.39 is 23.9 Å². The lowest BCUT2D eigenvalue weighted by Gasteiger charge is -2.10. The molecule has 3 aromatic rings. The molecule has 0 spiro atoms. The van der Waals surface area contributed by atoms with Crippen LogP contribution in [-0.4, -0.2) is 61.2 Å². The molecule has 0 saturated carbocycles. The number of aliphatic carboxylic acids is 4. The largest absolute Gasteiger partial charge is 0.478 e. The van der Waals surface area contributed by atoms with Crippen LogP contribution in [0.25, 0.3) is 0 Å². The fourth-order valence-corrected chi connectivity index (χ4v) is 2.57. The zero-order valence-corrected chi connectivity index (χ0v) is 21.6. The number of carbonyl (C=O) groups is 5. The lowest BCUT2D eigenvalue weighted by molar-refractivity contribution is -0.134. The number of benzene rings is 2. The molecule has 0 unspecified atom stereocenters. The Morgan fingerprint density at radius 3 is 1.34 bits per heavy atom. The summed E-state index contributed by atoms with van der Waals surface area (Å²) in [6.45, 7) is 0. The minimum Gasteiger partial charge on any atom is -0.478 e. The first-order valence-electron chi connectivity index (χ1n) is 11.1. The second kappa shape index (κ2) is 17.6. The molecular formula is C26H24ClN5O9. The number of H-pyrrole nitrogens is 1. The van der Waals surface area contributed by atoms with Crippen LogP contribution in [0.4, 0.5) is 21.9 Å². The van der Waals surface area contributed by atoms with E-state index in [2.05, 4.69) is 20.9 Å². The minimum absolute atomic E-state index is 0.270. The summed E-state index contributed by atoms with van der Waals surface area (Å²) in [6, 6.07) is 17.2. The molecule has 41 heavy (non-hydrogen) atoms. The number of aromatic amines is 1. The number of urea groups is 1. The molecule has 14 nitrogen and oxygen atoms in total. The maximum atomic E-state index is 12.0. The van der Waals surface area contributed by atoms with Gasteiger partial charge < -0.3 is 41.4 Å². The highest BCUT2D eigenvalue weighted by atomic mass is 35.5. The predicted molar refractivity (Wildman–Crippen MR) is 151 cm³/mol. The quantitative estimate of drug-likeness (QED) is 0.104. The molecule has 9 N–H and O–H groups in total. The van der Waals surface area contributed by atoms with Crippen molar-refractivity contribution in [1.82, 2.24) is 4.98 Å². The monoisotopic (exact) mass is 585 g/mol. The summed E-state index contributed by atoms with van der Waals surface area (Å²) in [5, 5.41) is 48.3. The van der Waals surface area contributed by atoms with Gasteiger partial charge in [-0.15, -0.1) is 0 Å². The van der Waals surface area contributed by atoms with Crippen LogP contribution >= 0.6 is 11.6 Å². The standard InChI is InChI=1S/C18H16ClN5O.2C4H4O4/c19-12-3-5-14(6-4-12)23-18(25)24-15-9-7-13(8-10-15)22-17(20)16-2-1-11-21-16;2*5-3(6)1-2-4(7)8/h1-11,21H,(H2,20,22)(H2,23,24,25);2*1-2H,(H,5,6)(H,7,8)/b;2*2-1+. The predicted octanol–water partition coefficient (Wildman–Crippen LogP) is 4.17. The van der Waals surface area contributed by atoms with Crippen LogP contribution in [0, 0.1) is 5.41 Å². The number of carboxylic acids is 4. The highest BCUT2D eigenvalue weighted by Gasteiger charge is 2.05. The summed E-state index contributed by atoms with van der Waals surface area (Å²) in [5.74, 6) is -4.76. The van der Waals surface area contributed by atoms with E-state index in [0.29, 0.717) is 46.4 Å². The molecule has 0 radical (unpaired) electrons. The smallest absolute Gasteiger partial charge is 0.328 e. The van der Waals surface area contributed by atoms with Gasteiger partial charge in [-0.2, -0.15) is 0 Å². The highest BCUT2D eigenvalue weighted by molar-refractivity contribution is 6.30. The van der Waals surface area contributed by atoms with Crippen molar-refractivity contribution in [2.75, 3.05) is 16.0 Å². The van der Waals surface area contributed by atoms with Crippen molar-refractivity contribution >= 4 is 64.4 Å². The Hall–Kier alpha value is -5.89. The third-order valence-electron chi connectivity index (χ3n) is 4.12. The summed E-state index contributed by atoms with van der Waals surface area (Å²) in [7, 11) is 0. The summed E-state index contributed by atoms with van der Waals surface area (Å²) < 4.78 is 0. The Labute approximate surface area is 237 Å². The lowest BCUT2D eigenvalue weighted by atomic mass is 10.2. The summed E-state index contributed by atoms with van der Waals surface area (Å²) in [6.07, 6.45) is 3.99. The zero-order valence-electron chi connectivity index (χ0n) is 20.9. The van der Waals surface area contributed by atoms with Gasteiger partial charge >= 0.3 is 29.9 Å². The highest BCUT2D eigenvalue weighted by Crippen LogP contribution is 2.16. The molecule has 214 valence electrons. The average Bonchev–Trinajstić information content (AvgIpc) is 3.45. The van der Waals surface area contributed by atoms with E-state index in [1.54, 1.807) is 54.7 Å². The van der Waals surface area contributed by atoms with Crippen LogP contribution in [0.2, 0.25) is 5.02 Å². The summed E-state index contributed by atoms with van der Waals surface area (Å²) >= 11 is 5.81. The fraction of sp³-hybridized carbons (Fsp3) is 0. The van der Waals surface area contributed by atoms with Crippen molar-refractivity contribution < 1.29 is 44.4 Å². The molecule has 2 amide bonds. The van der Waals surface area contributed by atoms with E-state index in [9.17, 15) is 24.0 Å². The Balaban J connectivity index is 0.000000433. The molecule has 0 aliphatic rings. The van der Waals surface area contributed by atoms with Crippen molar-refractivity contribution in [1.29, 1.82) is 5.41 Å². The number of anilines is 3. The van der Waals surface area contributed by atoms with E-state index in [4.69, 9.17) is 37.4 Å². The van der Waals surface area contributed by atoms with Gasteiger partial charge in [0.2, 0.25) is 0 Å². The Morgan fingerprint density at radius 1 is 0.634 bits per heavy atom. The minimum atomic E-state index is -1.26. The van der Waals surface area contributed by atoms with Crippen molar-refractivity contribution in [2.45, 2.75) is 0 Å². The van der Waals surface area contributed by atoms with Crippen LogP contribution in [0.3, 0.4) is 0 Å². The molecule has 0 atom stereocenters. The number of carboxylic acid groups (broad SMARTS) is 4. The first kappa shape index (κ1) is 33.1. The van der Waals surface area contributed by atoms with Gasteiger partial charge in [0, 0.05) is 52.6 Å². The van der Waals surface area contributed by atoms with Gasteiger partial charge in [-0.3, -0.25) is 5.41 Å². The van der Waals surface area contributed by atoms with Crippen molar-refractivity contribution in [2.24, 2.45) is 0 Å². The Kier molecular flexibility index (Phi) is 14.2. The average molecular weight is 586 g/mol. The number of hydrogen-bond donors (Lipinski definition) is 9. The molecule has 0 bridgehead atoms. The number of halogens is 1. The SMILES string of the molecule is N=C(Nc1ccc(NC(=O)Nc2ccc(Cl)cc2)cc1)c1ccc[nH]1.O=C(O)/C=C/C(=O)O.O=C(O)/C=C/C(=O)O. The Morgan fingerprint density at radius 2 is 1.00 bits per heavy atom. The van der Waals surface area contributed by atoms with Gasteiger partial charge in [-0.1, -0.05) is 11.6 Å². The second-order valence-electron chi connectivity index (χ2n) is 7.27. The van der Waals surface area contributed by atoms with Crippen LogP contribution < -0.4 is 16.0 Å². The van der Waals surface area contributed by atoms with E-state index in [0.717, 1.165) is 5.69 Å². The number of amidine groups is 1. The lowest BCUT2D eigenvalue weighted by Crippen LogP contribution is -2.19. The molecular weight excluding hydrogens is 562 g/mol. The molecule has 3 rings (SSSR count). The van der Waals surface area contributed by atoms with Gasteiger partial charge in [-0.25, -0.2) is 24.0 Å². The van der Waals surface area contributed by atoms with Crippen molar-refractivity contribution in [3.63, 3.8) is 0 Å². The van der Waals surface area contributed by atoms with E-state index in [1.807, 2.05) is 12.1 Å². The molecule has 1 heterocycles. The Bertz CT molecular complexity index is 1340. The molecule has 0 saturated heterocycles. The van der Waals surface area contributed by atoms with Gasteiger partial charge in [0.15, 0.2) is 0 Å². The van der Waals surface area contributed by atoms with Gasteiger partial charge in [0.1, 0.15) is 5.84 Å². The van der Waals surface area contributed by atoms with Gasteiger partial charge in [0.25, 0.3) is 0 Å². The molecule has 15 heteroatoms. The number of hydrogen-bond acceptors (Lipinski definition) is 6. The number of aromatic nitrogens is 1. The first-order valence-corrected chi connectivity index (χ1v) is 11.4. The fourth-order valence-electron chi connectivity index (χ4n) is 2.45. The summed E-state index contributed by atoms with van der Waals surface area (Å²) in [5.41, 5.74) is 2.75. The van der Waals surface area contributed by atoms with Crippen LogP contribution in [-0.2, 0) is 19.2 Å². The number of nitrogens with one attached hydrogen (secondary N) is 5. The van der Waals surface area contributed by atoms with Crippen molar-refractivity contribution in [3.8, 4) is 0 Å². The maximum absolute atomic E-state index is 12.0. The van der Waals surface area contributed by atoms with Crippen LogP contribution in [0.1, 0.15) is 5.69 Å². The molecule has 0 aliphatic carbocycles. The normalized spacial score (nSPS) is 9.88. The molecule has 2 aromatic carbocycles. The first-order chi connectivity index (χ1) is 19.3.